The second-order valence-corrected chi connectivity index (χ2v) is 8.34. The van der Waals surface area contributed by atoms with Gasteiger partial charge in [-0.15, -0.1) is 0 Å². The number of hydrogen-bond donors (Lipinski definition) is 1. The smallest absolute Gasteiger partial charge is 0.314 e. The summed E-state index contributed by atoms with van der Waals surface area (Å²) >= 11 is 0. The normalized spacial score (nSPS) is 11.0. The van der Waals surface area contributed by atoms with Crippen LogP contribution in [0.15, 0.2) is 0 Å². The number of carbonyl (C=O) groups is 1. The maximum Gasteiger partial charge on any atom is 0.314 e. The van der Waals surface area contributed by atoms with Crippen molar-refractivity contribution < 1.29 is 4.79 Å². The third-order valence-electron chi connectivity index (χ3n) is 5.62. The van der Waals surface area contributed by atoms with E-state index in [1.807, 2.05) is 4.90 Å². The fourth-order valence-electron chi connectivity index (χ4n) is 3.74. The molecule has 0 bridgehead atoms. The molecule has 0 aromatic carbocycles. The predicted molar refractivity (Wildman–Crippen MR) is 120 cm³/mol. The van der Waals surface area contributed by atoms with E-state index in [-0.39, 0.29) is 6.03 Å². The van der Waals surface area contributed by atoms with E-state index in [4.69, 9.17) is 5.73 Å². The molecule has 0 unspecified atom stereocenters. The predicted octanol–water partition coefficient (Wildman–Crippen LogP) is 7.82. The Bertz CT molecular complexity index is 307. The highest BCUT2D eigenvalue weighted by Gasteiger charge is 2.08. The van der Waals surface area contributed by atoms with E-state index in [1.165, 1.54) is 109 Å². The molecule has 27 heavy (non-hydrogen) atoms. The lowest BCUT2D eigenvalue weighted by atomic mass is 10.0. The molecule has 0 rings (SSSR count). The van der Waals surface area contributed by atoms with Gasteiger partial charge in [0.2, 0.25) is 0 Å². The van der Waals surface area contributed by atoms with Crippen molar-refractivity contribution in [3.8, 4) is 0 Å². The summed E-state index contributed by atoms with van der Waals surface area (Å²) in [7, 11) is 0. The van der Waals surface area contributed by atoms with Crippen LogP contribution in [0.2, 0.25) is 0 Å². The van der Waals surface area contributed by atoms with Crippen molar-refractivity contribution in [2.24, 2.45) is 5.73 Å². The molecule has 162 valence electrons. The number of carbonyl (C=O) groups excluding carboxylic acids is 1. The van der Waals surface area contributed by atoms with Gasteiger partial charge in [-0.2, -0.15) is 0 Å². The zero-order valence-corrected chi connectivity index (χ0v) is 18.8. The Morgan fingerprint density at radius 3 is 1.07 bits per heavy atom. The average molecular weight is 383 g/mol. The van der Waals surface area contributed by atoms with Crippen LogP contribution in [0.3, 0.4) is 0 Å². The second kappa shape index (κ2) is 21.6. The van der Waals surface area contributed by atoms with E-state index in [9.17, 15) is 4.79 Å². The SMILES string of the molecule is CCCCCCCCCCCCCCCCCN(CCCCCC)C(N)=O. The lowest BCUT2D eigenvalue weighted by molar-refractivity contribution is 0.205. The lowest BCUT2D eigenvalue weighted by Crippen LogP contribution is -2.37. The first kappa shape index (κ1) is 26.3. The van der Waals surface area contributed by atoms with Crippen LogP contribution in [0.4, 0.5) is 4.79 Å². The Morgan fingerprint density at radius 1 is 0.519 bits per heavy atom. The third kappa shape index (κ3) is 19.8. The number of hydrogen-bond acceptors (Lipinski definition) is 1. The first-order chi connectivity index (χ1) is 13.2. The molecule has 0 fully saturated rings. The van der Waals surface area contributed by atoms with Gasteiger partial charge >= 0.3 is 6.03 Å². The molecule has 0 heterocycles. The molecule has 0 aromatic rings. The van der Waals surface area contributed by atoms with Gasteiger partial charge in [0.15, 0.2) is 0 Å². The van der Waals surface area contributed by atoms with Crippen LogP contribution < -0.4 is 5.73 Å². The fourth-order valence-corrected chi connectivity index (χ4v) is 3.74. The van der Waals surface area contributed by atoms with Crippen molar-refractivity contribution >= 4 is 6.03 Å². The average Bonchev–Trinajstić information content (AvgIpc) is 2.66. The first-order valence-electron chi connectivity index (χ1n) is 12.3. The van der Waals surface area contributed by atoms with Gasteiger partial charge < -0.3 is 10.6 Å². The van der Waals surface area contributed by atoms with Crippen molar-refractivity contribution in [3.63, 3.8) is 0 Å². The van der Waals surface area contributed by atoms with Crippen LogP contribution in [-0.2, 0) is 0 Å². The summed E-state index contributed by atoms with van der Waals surface area (Å²) in [6, 6.07) is -0.239. The standard InChI is InChI=1S/C24H50N2O/c1-3-5-7-9-10-11-12-13-14-15-16-17-18-19-21-23-26(24(25)27)22-20-8-6-4-2/h3-23H2,1-2H3,(H2,25,27). The topological polar surface area (TPSA) is 46.3 Å². The van der Waals surface area contributed by atoms with Gasteiger partial charge in [-0.05, 0) is 12.8 Å². The Labute approximate surface area is 170 Å². The van der Waals surface area contributed by atoms with E-state index >= 15 is 0 Å². The number of nitrogens with zero attached hydrogens (tertiary/aromatic N) is 1. The zero-order chi connectivity index (χ0) is 20.0. The molecule has 0 aliphatic heterocycles. The molecule has 0 aliphatic carbocycles. The molecular formula is C24H50N2O. The summed E-state index contributed by atoms with van der Waals surface area (Å²) in [5.41, 5.74) is 5.50. The third-order valence-corrected chi connectivity index (χ3v) is 5.62. The Hall–Kier alpha value is -0.730. The number of amides is 2. The minimum absolute atomic E-state index is 0.239. The van der Waals surface area contributed by atoms with Gasteiger partial charge in [0, 0.05) is 13.1 Å². The molecule has 0 saturated carbocycles. The van der Waals surface area contributed by atoms with Gasteiger partial charge in [0.25, 0.3) is 0 Å². The van der Waals surface area contributed by atoms with Gasteiger partial charge in [0.05, 0.1) is 0 Å². The van der Waals surface area contributed by atoms with Crippen LogP contribution in [-0.4, -0.2) is 24.0 Å². The van der Waals surface area contributed by atoms with Gasteiger partial charge in [-0.3, -0.25) is 0 Å². The number of urea groups is 1. The van der Waals surface area contributed by atoms with E-state index in [0.29, 0.717) is 0 Å². The monoisotopic (exact) mass is 382 g/mol. The highest BCUT2D eigenvalue weighted by Crippen LogP contribution is 2.13. The Kier molecular flexibility index (Phi) is 21.0. The van der Waals surface area contributed by atoms with E-state index < -0.39 is 0 Å². The summed E-state index contributed by atoms with van der Waals surface area (Å²) in [5.74, 6) is 0. The molecule has 3 heteroatoms. The number of primary amides is 1. The maximum absolute atomic E-state index is 11.5. The van der Waals surface area contributed by atoms with Crippen molar-refractivity contribution in [2.45, 2.75) is 136 Å². The maximum atomic E-state index is 11.5. The quantitative estimate of drug-likeness (QED) is 0.202. The van der Waals surface area contributed by atoms with Crippen molar-refractivity contribution in [1.29, 1.82) is 0 Å². The van der Waals surface area contributed by atoms with Crippen LogP contribution in [0.1, 0.15) is 136 Å². The second-order valence-electron chi connectivity index (χ2n) is 8.34. The molecule has 2 N–H and O–H groups in total. The molecule has 0 atom stereocenters. The van der Waals surface area contributed by atoms with Crippen molar-refractivity contribution in [2.75, 3.05) is 13.1 Å². The van der Waals surface area contributed by atoms with Crippen molar-refractivity contribution in [1.82, 2.24) is 4.90 Å². The van der Waals surface area contributed by atoms with E-state index in [1.54, 1.807) is 0 Å². The van der Waals surface area contributed by atoms with Crippen LogP contribution in [0.25, 0.3) is 0 Å². The van der Waals surface area contributed by atoms with Crippen molar-refractivity contribution in [3.05, 3.63) is 0 Å². The number of nitrogens with two attached hydrogens (primary N) is 1. The lowest BCUT2D eigenvalue weighted by Gasteiger charge is -2.20. The first-order valence-corrected chi connectivity index (χ1v) is 12.3. The number of unbranched alkanes of at least 4 members (excludes halogenated alkanes) is 17. The highest BCUT2D eigenvalue weighted by molar-refractivity contribution is 5.71. The molecule has 3 nitrogen and oxygen atoms in total. The summed E-state index contributed by atoms with van der Waals surface area (Å²) in [5, 5.41) is 0. The molecular weight excluding hydrogens is 332 g/mol. The summed E-state index contributed by atoms with van der Waals surface area (Å²) in [6.07, 6.45) is 25.4. The molecule has 0 aliphatic rings. The summed E-state index contributed by atoms with van der Waals surface area (Å²) in [6.45, 7) is 6.18. The Balaban J connectivity index is 3.31. The van der Waals surface area contributed by atoms with Gasteiger partial charge in [-0.1, -0.05) is 123 Å². The fraction of sp³-hybridized carbons (Fsp3) is 0.958. The summed E-state index contributed by atoms with van der Waals surface area (Å²) < 4.78 is 0. The molecule has 0 saturated heterocycles. The van der Waals surface area contributed by atoms with E-state index in [0.717, 1.165) is 25.9 Å². The highest BCUT2D eigenvalue weighted by atomic mass is 16.2. The minimum atomic E-state index is -0.239. The van der Waals surface area contributed by atoms with Crippen LogP contribution >= 0.6 is 0 Å². The minimum Gasteiger partial charge on any atom is -0.351 e. The molecule has 2 amide bonds. The Morgan fingerprint density at radius 2 is 0.778 bits per heavy atom. The molecule has 0 radical (unpaired) electrons. The summed E-state index contributed by atoms with van der Waals surface area (Å²) in [4.78, 5) is 13.3. The molecule has 0 aromatic heterocycles. The van der Waals surface area contributed by atoms with E-state index in [2.05, 4.69) is 13.8 Å². The van der Waals surface area contributed by atoms with Gasteiger partial charge in [0.1, 0.15) is 0 Å². The molecule has 0 spiro atoms. The largest absolute Gasteiger partial charge is 0.351 e. The number of rotatable bonds is 21. The zero-order valence-electron chi connectivity index (χ0n) is 18.8. The van der Waals surface area contributed by atoms with Crippen LogP contribution in [0, 0.1) is 0 Å². The van der Waals surface area contributed by atoms with Gasteiger partial charge in [-0.25, -0.2) is 4.79 Å². The van der Waals surface area contributed by atoms with Crippen LogP contribution in [0.5, 0.6) is 0 Å².